The van der Waals surface area contributed by atoms with Crippen molar-refractivity contribution in [3.63, 3.8) is 0 Å². The summed E-state index contributed by atoms with van der Waals surface area (Å²) in [6, 6.07) is 0.961. The van der Waals surface area contributed by atoms with Crippen LogP contribution in [0.3, 0.4) is 0 Å². The number of hydrogen-bond acceptors (Lipinski definition) is 4. The lowest BCUT2D eigenvalue weighted by atomic mass is 10.2. The standard InChI is InChI=1S/C11H12N2O4S/c1-7(8-4-5-18-6-8)12-11(17)13-9(14)2-3-10(15)16/h2-7H,1H3,(H,15,16)(H2,12,13,14,17). The smallest absolute Gasteiger partial charge is 0.328 e. The van der Waals surface area contributed by atoms with Crippen molar-refractivity contribution >= 4 is 29.2 Å². The molecule has 1 atom stereocenters. The Labute approximate surface area is 107 Å². The van der Waals surface area contributed by atoms with Crippen LogP contribution in [0.1, 0.15) is 18.5 Å². The second-order valence-corrected chi connectivity index (χ2v) is 4.19. The Morgan fingerprint density at radius 2 is 2.11 bits per heavy atom. The summed E-state index contributed by atoms with van der Waals surface area (Å²) in [5, 5.41) is 16.6. The molecule has 1 rings (SSSR count). The van der Waals surface area contributed by atoms with Gasteiger partial charge < -0.3 is 10.4 Å². The number of amides is 3. The highest BCUT2D eigenvalue weighted by Crippen LogP contribution is 2.14. The normalized spacial score (nSPS) is 12.1. The van der Waals surface area contributed by atoms with Crippen LogP contribution in [-0.2, 0) is 9.59 Å². The third-order valence-corrected chi connectivity index (χ3v) is 2.71. The molecule has 18 heavy (non-hydrogen) atoms. The Hall–Kier alpha value is -2.15. The zero-order valence-electron chi connectivity index (χ0n) is 9.54. The molecular weight excluding hydrogens is 256 g/mol. The fourth-order valence-corrected chi connectivity index (χ4v) is 1.89. The molecule has 0 bridgehead atoms. The molecule has 0 aromatic carbocycles. The molecule has 3 amide bonds. The van der Waals surface area contributed by atoms with Crippen molar-refractivity contribution < 1.29 is 19.5 Å². The summed E-state index contributed by atoms with van der Waals surface area (Å²) >= 11 is 1.51. The number of carboxylic acids is 1. The number of thiophene rings is 1. The molecule has 1 aromatic heterocycles. The van der Waals surface area contributed by atoms with E-state index in [1.165, 1.54) is 11.3 Å². The van der Waals surface area contributed by atoms with Gasteiger partial charge in [-0.05, 0) is 29.3 Å². The fourth-order valence-electron chi connectivity index (χ4n) is 1.14. The van der Waals surface area contributed by atoms with Gasteiger partial charge in [-0.3, -0.25) is 10.1 Å². The second-order valence-electron chi connectivity index (χ2n) is 3.41. The van der Waals surface area contributed by atoms with Crippen LogP contribution in [0.4, 0.5) is 4.79 Å². The summed E-state index contributed by atoms with van der Waals surface area (Å²) in [4.78, 5) is 32.6. The van der Waals surface area contributed by atoms with Gasteiger partial charge in [-0.2, -0.15) is 11.3 Å². The van der Waals surface area contributed by atoms with Gasteiger partial charge in [-0.15, -0.1) is 0 Å². The van der Waals surface area contributed by atoms with E-state index in [9.17, 15) is 14.4 Å². The molecule has 1 aromatic rings. The lowest BCUT2D eigenvalue weighted by Gasteiger charge is -2.12. The van der Waals surface area contributed by atoms with Crippen LogP contribution in [0, 0.1) is 0 Å². The molecule has 1 unspecified atom stereocenters. The third kappa shape index (κ3) is 4.79. The molecule has 0 saturated carbocycles. The molecule has 0 aliphatic heterocycles. The number of carbonyl (C=O) groups is 3. The van der Waals surface area contributed by atoms with Crippen molar-refractivity contribution in [2.75, 3.05) is 0 Å². The van der Waals surface area contributed by atoms with Gasteiger partial charge in [0.1, 0.15) is 0 Å². The van der Waals surface area contributed by atoms with Crippen LogP contribution in [-0.4, -0.2) is 23.0 Å². The van der Waals surface area contributed by atoms with Crippen LogP contribution in [0.5, 0.6) is 0 Å². The predicted molar refractivity (Wildman–Crippen MR) is 66.2 cm³/mol. The molecule has 0 spiro atoms. The Balaban J connectivity index is 2.42. The minimum atomic E-state index is -1.25. The molecule has 3 N–H and O–H groups in total. The van der Waals surface area contributed by atoms with E-state index in [0.29, 0.717) is 6.08 Å². The van der Waals surface area contributed by atoms with Crippen molar-refractivity contribution in [3.05, 3.63) is 34.5 Å². The largest absolute Gasteiger partial charge is 0.478 e. The Bertz CT molecular complexity index is 467. The van der Waals surface area contributed by atoms with Crippen molar-refractivity contribution in [1.82, 2.24) is 10.6 Å². The van der Waals surface area contributed by atoms with Gasteiger partial charge in [0.25, 0.3) is 5.91 Å². The van der Waals surface area contributed by atoms with Crippen LogP contribution < -0.4 is 10.6 Å². The van der Waals surface area contributed by atoms with Crippen LogP contribution in [0.15, 0.2) is 29.0 Å². The third-order valence-electron chi connectivity index (χ3n) is 2.00. The number of imide groups is 1. The Morgan fingerprint density at radius 3 is 2.67 bits per heavy atom. The van der Waals surface area contributed by atoms with Gasteiger partial charge >= 0.3 is 12.0 Å². The molecule has 7 heteroatoms. The Morgan fingerprint density at radius 1 is 1.39 bits per heavy atom. The maximum absolute atomic E-state index is 11.4. The summed E-state index contributed by atoms with van der Waals surface area (Å²) < 4.78 is 0. The van der Waals surface area contributed by atoms with Crippen LogP contribution >= 0.6 is 11.3 Å². The van der Waals surface area contributed by atoms with E-state index in [4.69, 9.17) is 5.11 Å². The molecule has 96 valence electrons. The van der Waals surface area contributed by atoms with Crippen molar-refractivity contribution in [3.8, 4) is 0 Å². The highest BCUT2D eigenvalue weighted by atomic mass is 32.1. The lowest BCUT2D eigenvalue weighted by molar-refractivity contribution is -0.131. The van der Waals surface area contributed by atoms with Crippen molar-refractivity contribution in [1.29, 1.82) is 0 Å². The Kier molecular flexibility index (Phi) is 5.06. The first kappa shape index (κ1) is 13.9. The fraction of sp³-hybridized carbons (Fsp3) is 0.182. The topological polar surface area (TPSA) is 95.5 Å². The average Bonchev–Trinajstić information content (AvgIpc) is 2.79. The molecule has 0 saturated heterocycles. The number of nitrogens with one attached hydrogen (secondary N) is 2. The first-order valence-corrected chi connectivity index (χ1v) is 5.98. The minimum Gasteiger partial charge on any atom is -0.478 e. The summed E-state index contributed by atoms with van der Waals surface area (Å²) in [5.74, 6) is -2.04. The minimum absolute atomic E-state index is 0.229. The van der Waals surface area contributed by atoms with E-state index in [-0.39, 0.29) is 6.04 Å². The molecule has 0 aliphatic rings. The summed E-state index contributed by atoms with van der Waals surface area (Å²) in [6.07, 6.45) is 1.43. The first-order chi connectivity index (χ1) is 8.49. The van der Waals surface area contributed by atoms with E-state index in [0.717, 1.165) is 11.6 Å². The number of carboxylic acid groups (broad SMARTS) is 1. The maximum Gasteiger partial charge on any atom is 0.328 e. The number of aliphatic carboxylic acids is 1. The second kappa shape index (κ2) is 6.55. The number of rotatable bonds is 4. The quantitative estimate of drug-likeness (QED) is 0.717. The summed E-state index contributed by atoms with van der Waals surface area (Å²) in [7, 11) is 0. The van der Waals surface area contributed by atoms with Gasteiger partial charge in [-0.1, -0.05) is 0 Å². The molecule has 0 fully saturated rings. The van der Waals surface area contributed by atoms with Gasteiger partial charge in [0.15, 0.2) is 0 Å². The molecule has 0 radical (unpaired) electrons. The summed E-state index contributed by atoms with van der Waals surface area (Å²) in [6.45, 7) is 1.78. The van der Waals surface area contributed by atoms with Crippen molar-refractivity contribution in [2.45, 2.75) is 13.0 Å². The average molecular weight is 268 g/mol. The van der Waals surface area contributed by atoms with E-state index in [1.807, 2.05) is 22.1 Å². The van der Waals surface area contributed by atoms with Crippen molar-refractivity contribution in [2.24, 2.45) is 0 Å². The van der Waals surface area contributed by atoms with Crippen LogP contribution in [0.25, 0.3) is 0 Å². The molecule has 6 nitrogen and oxygen atoms in total. The van der Waals surface area contributed by atoms with E-state index in [2.05, 4.69) is 5.32 Å². The van der Waals surface area contributed by atoms with Gasteiger partial charge in [0.2, 0.25) is 0 Å². The highest BCUT2D eigenvalue weighted by Gasteiger charge is 2.11. The zero-order valence-corrected chi connectivity index (χ0v) is 10.4. The SMILES string of the molecule is CC(NC(=O)NC(=O)C=CC(=O)O)c1ccsc1. The molecule has 1 heterocycles. The number of hydrogen-bond donors (Lipinski definition) is 3. The van der Waals surface area contributed by atoms with Gasteiger partial charge in [0.05, 0.1) is 6.04 Å². The lowest BCUT2D eigenvalue weighted by Crippen LogP contribution is -2.39. The number of urea groups is 1. The monoisotopic (exact) mass is 268 g/mol. The first-order valence-electron chi connectivity index (χ1n) is 5.03. The van der Waals surface area contributed by atoms with Gasteiger partial charge in [0, 0.05) is 12.2 Å². The number of carbonyl (C=O) groups excluding carboxylic acids is 2. The highest BCUT2D eigenvalue weighted by molar-refractivity contribution is 7.07. The molecule has 0 aliphatic carbocycles. The van der Waals surface area contributed by atoms with E-state index in [1.54, 1.807) is 6.92 Å². The van der Waals surface area contributed by atoms with E-state index >= 15 is 0 Å². The predicted octanol–water partition coefficient (Wildman–Crippen LogP) is 1.28. The summed E-state index contributed by atoms with van der Waals surface area (Å²) in [5.41, 5.74) is 0.934. The molecular formula is C11H12N2O4S. The van der Waals surface area contributed by atoms with Crippen LogP contribution in [0.2, 0.25) is 0 Å². The van der Waals surface area contributed by atoms with E-state index < -0.39 is 17.9 Å². The zero-order chi connectivity index (χ0) is 13.5. The van der Waals surface area contributed by atoms with Gasteiger partial charge in [-0.25, -0.2) is 9.59 Å². The maximum atomic E-state index is 11.4.